The minimum absolute atomic E-state index is 0.0770. The molecular formula is C23H28N2O6. The lowest BCUT2D eigenvalue weighted by molar-refractivity contribution is -0.146. The molecule has 1 aromatic heterocycles. The molecule has 0 fully saturated rings. The van der Waals surface area contributed by atoms with Crippen molar-refractivity contribution in [2.75, 3.05) is 11.9 Å². The lowest BCUT2D eigenvalue weighted by atomic mass is 9.95. The maximum atomic E-state index is 12.4. The van der Waals surface area contributed by atoms with Crippen LogP contribution in [-0.4, -0.2) is 36.2 Å². The van der Waals surface area contributed by atoms with E-state index in [1.54, 1.807) is 65.0 Å². The SMILES string of the molecule is CC(C)[C@H](NC(=O)c1ccco1)C(=O)OCC(=O)c1ccc(NC(=O)C(C)(C)C)cc1. The molecule has 2 aromatic rings. The number of carbonyl (C=O) groups excluding carboxylic acids is 4. The second kappa shape index (κ2) is 10.1. The molecule has 0 saturated heterocycles. The second-order valence-corrected chi connectivity index (χ2v) is 8.48. The number of hydrogen-bond donors (Lipinski definition) is 2. The molecule has 31 heavy (non-hydrogen) atoms. The number of hydrogen-bond acceptors (Lipinski definition) is 6. The van der Waals surface area contributed by atoms with Gasteiger partial charge in [0.05, 0.1) is 6.26 Å². The Bertz CT molecular complexity index is 924. The minimum Gasteiger partial charge on any atom is -0.459 e. The topological polar surface area (TPSA) is 115 Å². The van der Waals surface area contributed by atoms with Crippen molar-refractivity contribution in [3.05, 3.63) is 54.0 Å². The first-order valence-corrected chi connectivity index (χ1v) is 9.94. The minimum atomic E-state index is -0.930. The molecule has 0 unspecified atom stereocenters. The maximum Gasteiger partial charge on any atom is 0.329 e. The lowest BCUT2D eigenvalue weighted by Crippen LogP contribution is -2.45. The van der Waals surface area contributed by atoms with Crippen LogP contribution in [0.1, 0.15) is 55.5 Å². The molecule has 0 aliphatic carbocycles. The number of nitrogens with one attached hydrogen (secondary N) is 2. The van der Waals surface area contributed by atoms with E-state index in [0.29, 0.717) is 11.3 Å². The third kappa shape index (κ3) is 6.80. The predicted octanol–water partition coefficient (Wildman–Crippen LogP) is 3.44. The van der Waals surface area contributed by atoms with Crippen molar-refractivity contribution >= 4 is 29.3 Å². The van der Waals surface area contributed by atoms with Gasteiger partial charge in [-0.05, 0) is 42.3 Å². The second-order valence-electron chi connectivity index (χ2n) is 8.48. The van der Waals surface area contributed by atoms with Gasteiger partial charge in [0.25, 0.3) is 5.91 Å². The van der Waals surface area contributed by atoms with Crippen molar-refractivity contribution in [3.63, 3.8) is 0 Å². The number of ether oxygens (including phenoxy) is 1. The number of Topliss-reactive ketones (excluding diaryl/α,β-unsaturated/α-hetero) is 1. The van der Waals surface area contributed by atoms with Gasteiger partial charge in [0, 0.05) is 16.7 Å². The summed E-state index contributed by atoms with van der Waals surface area (Å²) in [6, 6.07) is 8.43. The zero-order chi connectivity index (χ0) is 23.2. The highest BCUT2D eigenvalue weighted by Crippen LogP contribution is 2.18. The Labute approximate surface area is 181 Å². The molecule has 0 bridgehead atoms. The summed E-state index contributed by atoms with van der Waals surface area (Å²) in [6.45, 7) is 8.44. The third-order valence-electron chi connectivity index (χ3n) is 4.44. The zero-order valence-electron chi connectivity index (χ0n) is 18.4. The maximum absolute atomic E-state index is 12.4. The van der Waals surface area contributed by atoms with Gasteiger partial charge < -0.3 is 19.8 Å². The highest BCUT2D eigenvalue weighted by atomic mass is 16.5. The van der Waals surface area contributed by atoms with Crippen LogP contribution in [0.25, 0.3) is 0 Å². The Kier molecular flexibility index (Phi) is 7.74. The number of rotatable bonds is 8. The number of amides is 2. The summed E-state index contributed by atoms with van der Waals surface area (Å²) in [5.74, 6) is -1.98. The summed E-state index contributed by atoms with van der Waals surface area (Å²) in [6.07, 6.45) is 1.36. The van der Waals surface area contributed by atoms with Crippen molar-refractivity contribution in [1.82, 2.24) is 5.32 Å². The van der Waals surface area contributed by atoms with E-state index in [9.17, 15) is 19.2 Å². The first-order chi connectivity index (χ1) is 14.5. The summed E-state index contributed by atoms with van der Waals surface area (Å²) in [4.78, 5) is 49.0. The van der Waals surface area contributed by atoms with E-state index >= 15 is 0 Å². The Balaban J connectivity index is 1.93. The largest absolute Gasteiger partial charge is 0.459 e. The van der Waals surface area contributed by atoms with E-state index < -0.39 is 35.7 Å². The van der Waals surface area contributed by atoms with Crippen LogP contribution in [0.5, 0.6) is 0 Å². The number of esters is 1. The Morgan fingerprint density at radius 3 is 2.19 bits per heavy atom. The number of anilines is 1. The number of benzene rings is 1. The summed E-state index contributed by atoms with van der Waals surface area (Å²) >= 11 is 0. The molecule has 2 N–H and O–H groups in total. The fraction of sp³-hybridized carbons (Fsp3) is 0.391. The summed E-state index contributed by atoms with van der Waals surface area (Å²) < 4.78 is 10.2. The molecule has 2 amide bonds. The van der Waals surface area contributed by atoms with Gasteiger partial charge in [-0.25, -0.2) is 4.79 Å². The molecule has 8 heteroatoms. The molecule has 0 aliphatic rings. The van der Waals surface area contributed by atoms with Gasteiger partial charge >= 0.3 is 5.97 Å². The third-order valence-corrected chi connectivity index (χ3v) is 4.44. The van der Waals surface area contributed by atoms with Crippen molar-refractivity contribution in [3.8, 4) is 0 Å². The summed E-state index contributed by atoms with van der Waals surface area (Å²) in [5.41, 5.74) is 0.360. The fourth-order valence-electron chi connectivity index (χ4n) is 2.49. The van der Waals surface area contributed by atoms with Crippen molar-refractivity contribution in [2.45, 2.75) is 40.7 Å². The molecular weight excluding hydrogens is 400 g/mol. The monoisotopic (exact) mass is 428 g/mol. The van der Waals surface area contributed by atoms with E-state index in [0.717, 1.165) is 0 Å². The van der Waals surface area contributed by atoms with Gasteiger partial charge in [0.15, 0.2) is 18.2 Å². The van der Waals surface area contributed by atoms with Crippen molar-refractivity contribution in [1.29, 1.82) is 0 Å². The van der Waals surface area contributed by atoms with Crippen LogP contribution in [0.2, 0.25) is 0 Å². The van der Waals surface area contributed by atoms with E-state index in [1.165, 1.54) is 12.3 Å². The van der Waals surface area contributed by atoms with Gasteiger partial charge in [-0.3, -0.25) is 14.4 Å². The molecule has 1 atom stereocenters. The Morgan fingerprint density at radius 1 is 1.03 bits per heavy atom. The van der Waals surface area contributed by atoms with Crippen LogP contribution in [-0.2, 0) is 14.3 Å². The number of carbonyl (C=O) groups is 4. The molecule has 0 aliphatic heterocycles. The van der Waals surface area contributed by atoms with E-state index in [1.807, 2.05) is 0 Å². The van der Waals surface area contributed by atoms with Crippen LogP contribution in [0, 0.1) is 11.3 Å². The first kappa shape index (κ1) is 23.9. The van der Waals surface area contributed by atoms with Crippen LogP contribution < -0.4 is 10.6 Å². The quantitative estimate of drug-likeness (QED) is 0.492. The standard InChI is InChI=1S/C23H28N2O6/c1-14(2)19(25-20(27)18-7-6-12-30-18)21(28)31-13-17(26)15-8-10-16(11-9-15)24-22(29)23(3,4)5/h6-12,14,19H,13H2,1-5H3,(H,24,29)(H,25,27)/t19-/m0/s1. The van der Waals surface area contributed by atoms with Gasteiger partial charge in [0.1, 0.15) is 6.04 Å². The molecule has 8 nitrogen and oxygen atoms in total. The van der Waals surface area contributed by atoms with Gasteiger partial charge in [0.2, 0.25) is 5.91 Å². The van der Waals surface area contributed by atoms with Crippen LogP contribution in [0.4, 0.5) is 5.69 Å². The molecule has 1 heterocycles. The fourth-order valence-corrected chi connectivity index (χ4v) is 2.49. The van der Waals surface area contributed by atoms with E-state index in [-0.39, 0.29) is 17.6 Å². The number of furan rings is 1. The average Bonchev–Trinajstić information content (AvgIpc) is 3.24. The first-order valence-electron chi connectivity index (χ1n) is 9.94. The zero-order valence-corrected chi connectivity index (χ0v) is 18.4. The summed E-state index contributed by atoms with van der Waals surface area (Å²) in [7, 11) is 0. The number of ketones is 1. The van der Waals surface area contributed by atoms with Gasteiger partial charge in [-0.15, -0.1) is 0 Å². The lowest BCUT2D eigenvalue weighted by Gasteiger charge is -2.20. The predicted molar refractivity (Wildman–Crippen MR) is 115 cm³/mol. The van der Waals surface area contributed by atoms with Crippen molar-refractivity contribution in [2.24, 2.45) is 11.3 Å². The molecule has 1 aromatic carbocycles. The van der Waals surface area contributed by atoms with Crippen LogP contribution >= 0.6 is 0 Å². The van der Waals surface area contributed by atoms with Crippen LogP contribution in [0.15, 0.2) is 47.1 Å². The average molecular weight is 428 g/mol. The molecule has 0 saturated carbocycles. The molecule has 2 rings (SSSR count). The normalized spacial score (nSPS) is 12.2. The molecule has 0 spiro atoms. The van der Waals surface area contributed by atoms with E-state index in [2.05, 4.69) is 10.6 Å². The van der Waals surface area contributed by atoms with Gasteiger partial charge in [-0.1, -0.05) is 34.6 Å². The van der Waals surface area contributed by atoms with Crippen molar-refractivity contribution < 1.29 is 28.3 Å². The highest BCUT2D eigenvalue weighted by Gasteiger charge is 2.27. The van der Waals surface area contributed by atoms with E-state index in [4.69, 9.17) is 9.15 Å². The molecule has 0 radical (unpaired) electrons. The Morgan fingerprint density at radius 2 is 1.68 bits per heavy atom. The Hall–Kier alpha value is -3.42. The smallest absolute Gasteiger partial charge is 0.329 e. The van der Waals surface area contributed by atoms with Gasteiger partial charge in [-0.2, -0.15) is 0 Å². The highest BCUT2D eigenvalue weighted by molar-refractivity contribution is 6.00. The van der Waals surface area contributed by atoms with Crippen LogP contribution in [0.3, 0.4) is 0 Å². The summed E-state index contributed by atoms with van der Waals surface area (Å²) in [5, 5.41) is 5.33. The molecule has 166 valence electrons.